The number of nitrogens with two attached hydrogens (primary N) is 1. The first kappa shape index (κ1) is 16.1. The van der Waals surface area contributed by atoms with Crippen LogP contribution in [0.3, 0.4) is 0 Å². The SMILES string of the molecule is CC(C)CC(C(N)CP(C)(=O)O)[N+](C)(C)C. The van der Waals surface area contributed by atoms with Crippen LogP contribution in [0.15, 0.2) is 0 Å². The second-order valence-corrected chi connectivity index (χ2v) is 8.68. The van der Waals surface area contributed by atoms with Gasteiger partial charge in [0.05, 0.1) is 27.2 Å². The third-order valence-corrected chi connectivity index (χ3v) is 3.85. The number of hydrogen-bond acceptors (Lipinski definition) is 2. The van der Waals surface area contributed by atoms with E-state index in [1.165, 1.54) is 6.66 Å². The molecule has 0 aliphatic heterocycles. The predicted octanol–water partition coefficient (Wildman–Crippen LogP) is 1.33. The second-order valence-electron chi connectivity index (χ2n) is 6.21. The molecule has 3 unspecified atom stereocenters. The van der Waals surface area contributed by atoms with Crippen LogP contribution in [0.4, 0.5) is 0 Å². The van der Waals surface area contributed by atoms with E-state index in [4.69, 9.17) is 5.73 Å². The van der Waals surface area contributed by atoms with Crippen LogP contribution < -0.4 is 5.73 Å². The van der Waals surface area contributed by atoms with Gasteiger partial charge in [0.1, 0.15) is 6.04 Å². The zero-order chi connectivity index (χ0) is 13.1. The molecule has 0 saturated carbocycles. The van der Waals surface area contributed by atoms with E-state index >= 15 is 0 Å². The topological polar surface area (TPSA) is 63.3 Å². The van der Waals surface area contributed by atoms with Gasteiger partial charge in [0, 0.05) is 19.2 Å². The van der Waals surface area contributed by atoms with E-state index in [9.17, 15) is 9.46 Å². The summed E-state index contributed by atoms with van der Waals surface area (Å²) in [5, 5.41) is 0. The maximum Gasteiger partial charge on any atom is 0.199 e. The van der Waals surface area contributed by atoms with Gasteiger partial charge in [0.15, 0.2) is 7.37 Å². The monoisotopic (exact) mass is 251 g/mol. The van der Waals surface area contributed by atoms with Crippen LogP contribution in [0.5, 0.6) is 0 Å². The van der Waals surface area contributed by atoms with Crippen molar-refractivity contribution < 1.29 is 13.9 Å². The van der Waals surface area contributed by atoms with E-state index in [1.54, 1.807) is 0 Å². The van der Waals surface area contributed by atoms with Crippen LogP contribution >= 0.6 is 7.37 Å². The van der Waals surface area contributed by atoms with Crippen molar-refractivity contribution in [1.29, 1.82) is 0 Å². The van der Waals surface area contributed by atoms with Crippen molar-refractivity contribution in [3.63, 3.8) is 0 Å². The molecule has 4 nitrogen and oxygen atoms in total. The number of nitrogens with zero attached hydrogens (tertiary/aromatic N) is 1. The molecule has 0 aliphatic rings. The zero-order valence-corrected chi connectivity index (χ0v) is 12.4. The average Bonchev–Trinajstić information content (AvgIpc) is 1.93. The van der Waals surface area contributed by atoms with Gasteiger partial charge < -0.3 is 15.1 Å². The molecule has 5 heteroatoms. The van der Waals surface area contributed by atoms with Crippen molar-refractivity contribution >= 4 is 7.37 Å². The molecule has 0 amide bonds. The van der Waals surface area contributed by atoms with Gasteiger partial charge in [-0.3, -0.25) is 4.57 Å². The molecule has 0 aliphatic carbocycles. The Morgan fingerprint density at radius 3 is 2.00 bits per heavy atom. The lowest BCUT2D eigenvalue weighted by Gasteiger charge is -2.39. The van der Waals surface area contributed by atoms with E-state index in [-0.39, 0.29) is 18.2 Å². The van der Waals surface area contributed by atoms with Gasteiger partial charge in [-0.1, -0.05) is 13.8 Å². The third kappa shape index (κ3) is 6.64. The first-order valence-corrected chi connectivity index (χ1v) is 8.08. The number of rotatable bonds is 6. The minimum absolute atomic E-state index is 0.208. The highest BCUT2D eigenvalue weighted by molar-refractivity contribution is 7.57. The minimum atomic E-state index is -3.02. The quantitative estimate of drug-likeness (QED) is 0.553. The Hall–Kier alpha value is 0.110. The summed E-state index contributed by atoms with van der Waals surface area (Å²) in [6.07, 6.45) is 1.19. The van der Waals surface area contributed by atoms with Gasteiger partial charge in [-0.15, -0.1) is 0 Å². The molecule has 0 heterocycles. The largest absolute Gasteiger partial charge is 0.344 e. The maximum atomic E-state index is 11.4. The van der Waals surface area contributed by atoms with Gasteiger partial charge in [-0.05, 0) is 5.92 Å². The van der Waals surface area contributed by atoms with Crippen LogP contribution in [0.25, 0.3) is 0 Å². The Morgan fingerprint density at radius 2 is 1.75 bits per heavy atom. The summed E-state index contributed by atoms with van der Waals surface area (Å²) in [4.78, 5) is 9.41. The fourth-order valence-corrected chi connectivity index (χ4v) is 3.09. The van der Waals surface area contributed by atoms with Gasteiger partial charge in [-0.2, -0.15) is 0 Å². The molecule has 0 aromatic rings. The smallest absolute Gasteiger partial charge is 0.199 e. The van der Waals surface area contributed by atoms with Gasteiger partial charge in [0.2, 0.25) is 0 Å². The minimum Gasteiger partial charge on any atom is -0.344 e. The summed E-state index contributed by atoms with van der Waals surface area (Å²) in [5.41, 5.74) is 6.09. The lowest BCUT2D eigenvalue weighted by atomic mass is 9.96. The highest BCUT2D eigenvalue weighted by Crippen LogP contribution is 2.37. The summed E-state index contributed by atoms with van der Waals surface area (Å²) >= 11 is 0. The Kier molecular flexibility index (Phi) is 5.67. The fourth-order valence-electron chi connectivity index (χ4n) is 2.06. The Balaban J connectivity index is 4.70. The van der Waals surface area contributed by atoms with E-state index in [0.717, 1.165) is 10.9 Å². The Morgan fingerprint density at radius 1 is 1.31 bits per heavy atom. The molecule has 0 radical (unpaired) electrons. The lowest BCUT2D eigenvalue weighted by Crippen LogP contribution is -2.56. The van der Waals surface area contributed by atoms with E-state index in [1.807, 2.05) is 0 Å². The molecule has 0 spiro atoms. The summed E-state index contributed by atoms with van der Waals surface area (Å²) in [6, 6.07) is 0.00339. The van der Waals surface area contributed by atoms with Crippen LogP contribution in [0, 0.1) is 5.92 Å². The van der Waals surface area contributed by atoms with E-state index in [0.29, 0.717) is 5.92 Å². The van der Waals surface area contributed by atoms with Crippen molar-refractivity contribution in [2.24, 2.45) is 11.7 Å². The number of likely N-dealkylation sites (N-methyl/N-ethyl adjacent to an activating group) is 1. The van der Waals surface area contributed by atoms with Crippen LogP contribution in [0.2, 0.25) is 0 Å². The summed E-state index contributed by atoms with van der Waals surface area (Å²) in [7, 11) is 3.24. The summed E-state index contributed by atoms with van der Waals surface area (Å²) < 4.78 is 12.1. The molecule has 0 rings (SSSR count). The van der Waals surface area contributed by atoms with Gasteiger partial charge in [-0.25, -0.2) is 0 Å². The highest BCUT2D eigenvalue weighted by atomic mass is 31.2. The van der Waals surface area contributed by atoms with E-state index in [2.05, 4.69) is 35.0 Å². The predicted molar refractivity (Wildman–Crippen MR) is 69.9 cm³/mol. The van der Waals surface area contributed by atoms with Crippen LogP contribution in [-0.4, -0.2) is 55.4 Å². The standard InChI is InChI=1S/C11H27N2O2P/c1-9(2)7-11(13(3,4)5)10(12)8-16(6,14)15/h9-11H,7-8,12H2,1-6H3/p+1. The molecular formula is C11H28N2O2P+. The highest BCUT2D eigenvalue weighted by Gasteiger charge is 2.33. The average molecular weight is 251 g/mol. The number of quaternary nitrogens is 1. The first-order chi connectivity index (χ1) is 6.93. The zero-order valence-electron chi connectivity index (χ0n) is 11.5. The van der Waals surface area contributed by atoms with Crippen LogP contribution in [-0.2, 0) is 4.57 Å². The first-order valence-electron chi connectivity index (χ1n) is 5.79. The molecule has 0 aromatic carbocycles. The Bertz CT molecular complexity index is 255. The second kappa shape index (κ2) is 5.63. The summed E-state index contributed by atoms with van der Waals surface area (Å²) in [6.45, 7) is 5.69. The molecule has 3 atom stereocenters. The normalized spacial score (nSPS) is 20.6. The molecule has 0 saturated heterocycles. The molecule has 16 heavy (non-hydrogen) atoms. The van der Waals surface area contributed by atoms with Crippen molar-refractivity contribution in [2.45, 2.75) is 32.4 Å². The molecule has 98 valence electrons. The maximum absolute atomic E-state index is 11.4. The van der Waals surface area contributed by atoms with E-state index < -0.39 is 7.37 Å². The van der Waals surface area contributed by atoms with Crippen molar-refractivity contribution in [1.82, 2.24) is 0 Å². The molecule has 0 aromatic heterocycles. The Labute approximate surface area is 99.9 Å². The van der Waals surface area contributed by atoms with Crippen molar-refractivity contribution in [3.05, 3.63) is 0 Å². The van der Waals surface area contributed by atoms with Crippen LogP contribution in [0.1, 0.15) is 20.3 Å². The van der Waals surface area contributed by atoms with Crippen molar-refractivity contribution in [2.75, 3.05) is 34.0 Å². The van der Waals surface area contributed by atoms with Gasteiger partial charge in [0.25, 0.3) is 0 Å². The van der Waals surface area contributed by atoms with Gasteiger partial charge >= 0.3 is 0 Å². The number of hydrogen-bond donors (Lipinski definition) is 2. The molecule has 3 N–H and O–H groups in total. The molecule has 0 bridgehead atoms. The third-order valence-electron chi connectivity index (χ3n) is 2.75. The fraction of sp³-hybridized carbons (Fsp3) is 1.00. The molecule has 0 fully saturated rings. The molecular weight excluding hydrogens is 223 g/mol. The van der Waals surface area contributed by atoms with Crippen molar-refractivity contribution in [3.8, 4) is 0 Å². The lowest BCUT2D eigenvalue weighted by molar-refractivity contribution is -0.897. The summed E-state index contributed by atoms with van der Waals surface area (Å²) in [5.74, 6) is 0.545.